The van der Waals surface area contributed by atoms with Crippen LogP contribution in [0.3, 0.4) is 0 Å². The fourth-order valence-electron chi connectivity index (χ4n) is 3.45. The van der Waals surface area contributed by atoms with Crippen LogP contribution in [0.4, 0.5) is 16.2 Å². The van der Waals surface area contributed by atoms with Crippen molar-refractivity contribution >= 4 is 17.5 Å². The molecule has 3 fully saturated rings. The molecule has 0 saturated carbocycles. The Morgan fingerprint density at radius 3 is 2.52 bits per heavy atom. The van der Waals surface area contributed by atoms with Gasteiger partial charge < -0.3 is 15.0 Å². The first-order chi connectivity index (χ1) is 10.9. The number of carbonyl (C=O) groups excluding carboxylic acids is 1. The molecule has 1 unspecified atom stereocenters. The molecule has 3 aliphatic rings. The number of amides is 1. The van der Waals surface area contributed by atoms with Gasteiger partial charge in [-0.1, -0.05) is 6.07 Å². The lowest BCUT2D eigenvalue weighted by Gasteiger charge is -2.45. The molecule has 0 spiro atoms. The van der Waals surface area contributed by atoms with Gasteiger partial charge in [-0.25, -0.2) is 4.79 Å². The van der Waals surface area contributed by atoms with E-state index in [9.17, 15) is 4.79 Å². The number of benzene rings is 1. The fourth-order valence-corrected chi connectivity index (χ4v) is 3.45. The minimum absolute atomic E-state index is 0.419. The van der Waals surface area contributed by atoms with Crippen molar-refractivity contribution in [3.05, 3.63) is 24.3 Å². The molecule has 0 radical (unpaired) electrons. The van der Waals surface area contributed by atoms with E-state index in [4.69, 9.17) is 4.74 Å². The van der Waals surface area contributed by atoms with E-state index in [1.54, 1.807) is 0 Å². The Labute approximate surface area is 138 Å². The van der Waals surface area contributed by atoms with E-state index in [1.165, 1.54) is 25.9 Å². The van der Waals surface area contributed by atoms with Crippen molar-refractivity contribution in [2.45, 2.75) is 45.3 Å². The van der Waals surface area contributed by atoms with Crippen LogP contribution in [0.5, 0.6) is 0 Å². The topological polar surface area (TPSA) is 53.6 Å². The Kier molecular flexibility index (Phi) is 4.48. The fraction of sp³-hybridized carbons (Fsp3) is 0.611. The van der Waals surface area contributed by atoms with E-state index in [0.29, 0.717) is 6.04 Å². The standard InChI is InChI=1S/C18H27N3O2/c1-18(2,3)23-17(22)20-15-6-4-5-14(11-15)19-16-12-21-9-7-13(16)8-10-21/h4-6,11,13,16,19H,7-10,12H2,1-3H3,(H,20,22). The highest BCUT2D eigenvalue weighted by Gasteiger charge is 2.33. The summed E-state index contributed by atoms with van der Waals surface area (Å²) >= 11 is 0. The normalized spacial score (nSPS) is 26.7. The molecule has 2 N–H and O–H groups in total. The monoisotopic (exact) mass is 317 g/mol. The molecule has 2 bridgehead atoms. The summed E-state index contributed by atoms with van der Waals surface area (Å²) in [6.45, 7) is 9.18. The van der Waals surface area contributed by atoms with E-state index in [2.05, 4.69) is 21.6 Å². The predicted octanol–water partition coefficient (Wildman–Crippen LogP) is 3.54. The number of hydrogen-bond acceptors (Lipinski definition) is 4. The maximum atomic E-state index is 11.9. The zero-order chi connectivity index (χ0) is 16.4. The molecule has 1 aromatic rings. The van der Waals surface area contributed by atoms with Gasteiger partial charge >= 0.3 is 6.09 Å². The molecule has 5 nitrogen and oxygen atoms in total. The Hall–Kier alpha value is -1.75. The molecule has 23 heavy (non-hydrogen) atoms. The van der Waals surface area contributed by atoms with Crippen molar-refractivity contribution in [1.29, 1.82) is 0 Å². The number of rotatable bonds is 3. The van der Waals surface area contributed by atoms with Crippen LogP contribution in [-0.4, -0.2) is 42.3 Å². The van der Waals surface area contributed by atoms with Gasteiger partial charge in [0.25, 0.3) is 0 Å². The third-order valence-electron chi connectivity index (χ3n) is 4.52. The number of fused-ring (bicyclic) bond motifs is 3. The number of nitrogens with zero attached hydrogens (tertiary/aromatic N) is 1. The van der Waals surface area contributed by atoms with Crippen LogP contribution in [0.15, 0.2) is 24.3 Å². The molecule has 1 amide bonds. The van der Waals surface area contributed by atoms with Crippen molar-refractivity contribution in [2.24, 2.45) is 5.92 Å². The van der Waals surface area contributed by atoms with Crippen molar-refractivity contribution < 1.29 is 9.53 Å². The van der Waals surface area contributed by atoms with Crippen molar-refractivity contribution in [1.82, 2.24) is 4.90 Å². The van der Waals surface area contributed by atoms with Crippen molar-refractivity contribution in [2.75, 3.05) is 30.3 Å². The molecule has 1 atom stereocenters. The van der Waals surface area contributed by atoms with E-state index in [0.717, 1.165) is 23.8 Å². The molecule has 3 heterocycles. The number of anilines is 2. The SMILES string of the molecule is CC(C)(C)OC(=O)Nc1cccc(NC2CN3CCC2CC3)c1. The van der Waals surface area contributed by atoms with Crippen LogP contribution >= 0.6 is 0 Å². The lowest BCUT2D eigenvalue weighted by Crippen LogP contribution is -2.53. The molecule has 0 aliphatic carbocycles. The lowest BCUT2D eigenvalue weighted by atomic mass is 9.84. The minimum Gasteiger partial charge on any atom is -0.444 e. The average molecular weight is 317 g/mol. The Bertz CT molecular complexity index is 560. The van der Waals surface area contributed by atoms with Gasteiger partial charge in [0.05, 0.1) is 0 Å². The first-order valence-electron chi connectivity index (χ1n) is 8.48. The van der Waals surface area contributed by atoms with Crippen LogP contribution < -0.4 is 10.6 Å². The Morgan fingerprint density at radius 1 is 1.22 bits per heavy atom. The number of piperidine rings is 3. The molecule has 0 aromatic heterocycles. The highest BCUT2D eigenvalue weighted by atomic mass is 16.6. The number of hydrogen-bond donors (Lipinski definition) is 2. The third kappa shape index (κ3) is 4.38. The molecule has 3 aliphatic heterocycles. The molecule has 5 heteroatoms. The van der Waals surface area contributed by atoms with Gasteiger partial charge in [0.1, 0.15) is 5.60 Å². The molecule has 3 saturated heterocycles. The minimum atomic E-state index is -0.490. The predicted molar refractivity (Wildman–Crippen MR) is 92.9 cm³/mol. The maximum Gasteiger partial charge on any atom is 0.412 e. The zero-order valence-electron chi connectivity index (χ0n) is 14.3. The molecular formula is C18H27N3O2. The molecular weight excluding hydrogens is 290 g/mol. The second kappa shape index (κ2) is 6.40. The summed E-state index contributed by atoms with van der Waals surface area (Å²) in [5, 5.41) is 6.44. The van der Waals surface area contributed by atoms with E-state index < -0.39 is 11.7 Å². The van der Waals surface area contributed by atoms with Gasteiger partial charge in [-0.2, -0.15) is 0 Å². The largest absolute Gasteiger partial charge is 0.444 e. The van der Waals surface area contributed by atoms with Gasteiger partial charge in [0.15, 0.2) is 0 Å². The van der Waals surface area contributed by atoms with Crippen molar-refractivity contribution in [3.63, 3.8) is 0 Å². The van der Waals surface area contributed by atoms with Crippen molar-refractivity contribution in [3.8, 4) is 0 Å². The van der Waals surface area contributed by atoms with Crippen LogP contribution in [0.1, 0.15) is 33.6 Å². The third-order valence-corrected chi connectivity index (χ3v) is 4.52. The molecule has 4 rings (SSSR count). The summed E-state index contributed by atoms with van der Waals surface area (Å²) in [4.78, 5) is 14.4. The second-order valence-corrected chi connectivity index (χ2v) is 7.60. The lowest BCUT2D eigenvalue weighted by molar-refractivity contribution is 0.0636. The van der Waals surface area contributed by atoms with Gasteiger partial charge in [-0.05, 0) is 70.8 Å². The van der Waals surface area contributed by atoms with Gasteiger partial charge in [0.2, 0.25) is 0 Å². The Morgan fingerprint density at radius 2 is 1.91 bits per heavy atom. The summed E-state index contributed by atoms with van der Waals surface area (Å²) in [5.41, 5.74) is 1.32. The Balaban J connectivity index is 1.60. The molecule has 1 aromatic carbocycles. The maximum absolute atomic E-state index is 11.9. The summed E-state index contributed by atoms with van der Waals surface area (Å²) in [5.74, 6) is 0.766. The van der Waals surface area contributed by atoms with Crippen LogP contribution in [-0.2, 0) is 4.74 Å². The first-order valence-corrected chi connectivity index (χ1v) is 8.48. The summed E-state index contributed by atoms with van der Waals surface area (Å²) in [7, 11) is 0. The summed E-state index contributed by atoms with van der Waals surface area (Å²) in [6.07, 6.45) is 2.15. The number of nitrogens with one attached hydrogen (secondary N) is 2. The quantitative estimate of drug-likeness (QED) is 0.895. The van der Waals surface area contributed by atoms with E-state index in [-0.39, 0.29) is 0 Å². The number of ether oxygens (including phenoxy) is 1. The summed E-state index contributed by atoms with van der Waals surface area (Å²) in [6, 6.07) is 8.37. The van der Waals surface area contributed by atoms with Gasteiger partial charge in [-0.15, -0.1) is 0 Å². The van der Waals surface area contributed by atoms with Gasteiger partial charge in [0, 0.05) is 24.0 Å². The highest BCUT2D eigenvalue weighted by Crippen LogP contribution is 2.30. The van der Waals surface area contributed by atoms with Crippen LogP contribution in [0, 0.1) is 5.92 Å². The van der Waals surface area contributed by atoms with Crippen LogP contribution in [0.25, 0.3) is 0 Å². The smallest absolute Gasteiger partial charge is 0.412 e. The van der Waals surface area contributed by atoms with E-state index in [1.807, 2.05) is 39.0 Å². The molecule has 126 valence electrons. The first kappa shape index (κ1) is 16.1. The van der Waals surface area contributed by atoms with Crippen LogP contribution in [0.2, 0.25) is 0 Å². The number of carbonyl (C=O) groups is 1. The average Bonchev–Trinajstić information content (AvgIpc) is 2.46. The van der Waals surface area contributed by atoms with Gasteiger partial charge in [-0.3, -0.25) is 5.32 Å². The summed E-state index contributed by atoms with van der Waals surface area (Å²) < 4.78 is 5.29. The zero-order valence-corrected chi connectivity index (χ0v) is 14.3. The van der Waals surface area contributed by atoms with E-state index >= 15 is 0 Å². The second-order valence-electron chi connectivity index (χ2n) is 7.60. The highest BCUT2D eigenvalue weighted by molar-refractivity contribution is 5.85.